The maximum absolute atomic E-state index is 12.4. The number of piperidine rings is 1. The molecule has 1 aromatic rings. The van der Waals surface area contributed by atoms with E-state index in [0.29, 0.717) is 11.6 Å². The summed E-state index contributed by atoms with van der Waals surface area (Å²) in [6.45, 7) is 3.62. The third kappa shape index (κ3) is 3.07. The molecule has 1 N–H and O–H groups in total. The minimum Gasteiger partial charge on any atom is -0.496 e. The average Bonchev–Trinajstić information content (AvgIpc) is 2.47. The first-order valence-electron chi connectivity index (χ1n) is 6.77. The fourth-order valence-corrected chi connectivity index (χ4v) is 2.51. The Bertz CT molecular complexity index is 451. The number of carbonyl (C=O) groups is 1. The molecule has 1 saturated heterocycles. The van der Waals surface area contributed by atoms with Crippen molar-refractivity contribution in [3.8, 4) is 5.75 Å². The molecular formula is C15H22N2O2. The number of nitrogens with zero attached hydrogens (tertiary/aromatic N) is 1. The second kappa shape index (κ2) is 6.06. The minimum absolute atomic E-state index is 0.104. The molecule has 0 unspecified atom stereocenters. The van der Waals surface area contributed by atoms with Gasteiger partial charge in [0, 0.05) is 24.7 Å². The van der Waals surface area contributed by atoms with Crippen molar-refractivity contribution < 1.29 is 9.53 Å². The van der Waals surface area contributed by atoms with Gasteiger partial charge in [0.15, 0.2) is 0 Å². The Balaban J connectivity index is 2.08. The van der Waals surface area contributed by atoms with Crippen molar-refractivity contribution in [2.24, 2.45) is 0 Å². The Morgan fingerprint density at radius 2 is 2.05 bits per heavy atom. The van der Waals surface area contributed by atoms with Crippen molar-refractivity contribution in [1.82, 2.24) is 10.2 Å². The number of methoxy groups -OCH3 is 1. The molecule has 0 atom stereocenters. The summed E-state index contributed by atoms with van der Waals surface area (Å²) in [6.07, 6.45) is 2.04. The first-order valence-corrected chi connectivity index (χ1v) is 6.77. The highest BCUT2D eigenvalue weighted by Crippen LogP contribution is 2.21. The minimum atomic E-state index is 0.104. The molecule has 1 aromatic carbocycles. The van der Waals surface area contributed by atoms with Crippen LogP contribution in [0, 0.1) is 6.92 Å². The maximum atomic E-state index is 12.4. The number of amides is 1. The van der Waals surface area contributed by atoms with E-state index >= 15 is 0 Å². The molecule has 4 heteroatoms. The van der Waals surface area contributed by atoms with Crippen LogP contribution in [-0.2, 0) is 0 Å². The molecule has 0 spiro atoms. The largest absolute Gasteiger partial charge is 0.496 e. The number of aryl methyl sites for hydroxylation is 1. The van der Waals surface area contributed by atoms with Crippen molar-refractivity contribution in [1.29, 1.82) is 0 Å². The fraction of sp³-hybridized carbons (Fsp3) is 0.533. The number of nitrogens with one attached hydrogen (secondary N) is 1. The van der Waals surface area contributed by atoms with Crippen molar-refractivity contribution in [2.45, 2.75) is 25.8 Å². The van der Waals surface area contributed by atoms with Crippen LogP contribution in [0.25, 0.3) is 0 Å². The molecule has 104 valence electrons. The zero-order valence-corrected chi connectivity index (χ0v) is 11.9. The average molecular weight is 262 g/mol. The van der Waals surface area contributed by atoms with Crippen molar-refractivity contribution in [2.75, 3.05) is 27.2 Å². The quantitative estimate of drug-likeness (QED) is 0.903. The Hall–Kier alpha value is -1.55. The van der Waals surface area contributed by atoms with Crippen LogP contribution in [0.3, 0.4) is 0 Å². The summed E-state index contributed by atoms with van der Waals surface area (Å²) in [4.78, 5) is 14.4. The lowest BCUT2D eigenvalue weighted by molar-refractivity contribution is 0.0707. The molecule has 0 bridgehead atoms. The zero-order valence-electron chi connectivity index (χ0n) is 11.9. The standard InChI is InChI=1S/C15H22N2O2/c1-11-4-5-12(10-14(11)19-3)15(18)17-8-6-13(16-2)7-9-17/h4-5,10,13,16H,6-9H2,1-3H3. The molecule has 1 amide bonds. The molecular weight excluding hydrogens is 240 g/mol. The van der Waals surface area contributed by atoms with Crippen LogP contribution in [0.2, 0.25) is 0 Å². The summed E-state index contributed by atoms with van der Waals surface area (Å²) >= 11 is 0. The van der Waals surface area contributed by atoms with Crippen LogP contribution in [0.1, 0.15) is 28.8 Å². The Morgan fingerprint density at radius 3 is 2.63 bits per heavy atom. The Kier molecular flexibility index (Phi) is 4.43. The molecule has 1 heterocycles. The highest BCUT2D eigenvalue weighted by molar-refractivity contribution is 5.94. The number of ether oxygens (including phenoxy) is 1. The number of rotatable bonds is 3. The van der Waals surface area contributed by atoms with E-state index in [-0.39, 0.29) is 5.91 Å². The van der Waals surface area contributed by atoms with Gasteiger partial charge in [0.1, 0.15) is 5.75 Å². The van der Waals surface area contributed by atoms with Crippen molar-refractivity contribution >= 4 is 5.91 Å². The number of benzene rings is 1. The van der Waals surface area contributed by atoms with Crippen LogP contribution in [-0.4, -0.2) is 44.1 Å². The Labute approximate surface area is 114 Å². The molecule has 4 nitrogen and oxygen atoms in total. The molecule has 0 aromatic heterocycles. The third-order valence-corrected chi connectivity index (χ3v) is 3.85. The third-order valence-electron chi connectivity index (χ3n) is 3.85. The van der Waals surface area contributed by atoms with Crippen LogP contribution in [0.4, 0.5) is 0 Å². The van der Waals surface area contributed by atoms with Crippen LogP contribution < -0.4 is 10.1 Å². The molecule has 1 aliphatic rings. The predicted molar refractivity (Wildman–Crippen MR) is 75.7 cm³/mol. The van der Waals surface area contributed by atoms with Gasteiger partial charge in [-0.15, -0.1) is 0 Å². The SMILES string of the molecule is CNC1CCN(C(=O)c2ccc(C)c(OC)c2)CC1. The van der Waals surface area contributed by atoms with E-state index in [9.17, 15) is 4.79 Å². The lowest BCUT2D eigenvalue weighted by Crippen LogP contribution is -2.43. The van der Waals surface area contributed by atoms with Gasteiger partial charge in [0.2, 0.25) is 0 Å². The van der Waals surface area contributed by atoms with E-state index < -0.39 is 0 Å². The topological polar surface area (TPSA) is 41.6 Å². The number of carbonyl (C=O) groups excluding carboxylic acids is 1. The van der Waals surface area contributed by atoms with Gasteiger partial charge in [-0.25, -0.2) is 0 Å². The Morgan fingerprint density at radius 1 is 1.37 bits per heavy atom. The molecule has 2 rings (SSSR count). The van der Waals surface area contributed by atoms with Gasteiger partial charge in [-0.1, -0.05) is 6.07 Å². The van der Waals surface area contributed by atoms with Gasteiger partial charge in [-0.05, 0) is 44.5 Å². The lowest BCUT2D eigenvalue weighted by Gasteiger charge is -2.32. The second-order valence-corrected chi connectivity index (χ2v) is 5.04. The van der Waals surface area contributed by atoms with E-state index in [1.165, 1.54) is 0 Å². The molecule has 0 radical (unpaired) electrons. The smallest absolute Gasteiger partial charge is 0.253 e. The van der Waals surface area contributed by atoms with Gasteiger partial charge in [-0.3, -0.25) is 4.79 Å². The van der Waals surface area contributed by atoms with E-state index in [4.69, 9.17) is 4.74 Å². The summed E-state index contributed by atoms with van der Waals surface area (Å²) in [5.41, 5.74) is 1.76. The van der Waals surface area contributed by atoms with Crippen molar-refractivity contribution in [3.05, 3.63) is 29.3 Å². The van der Waals surface area contributed by atoms with E-state index in [0.717, 1.165) is 37.2 Å². The van der Waals surface area contributed by atoms with Gasteiger partial charge in [-0.2, -0.15) is 0 Å². The van der Waals surface area contributed by atoms with Crippen LogP contribution in [0.15, 0.2) is 18.2 Å². The van der Waals surface area contributed by atoms with E-state index in [1.54, 1.807) is 7.11 Å². The fourth-order valence-electron chi connectivity index (χ4n) is 2.51. The van der Waals surface area contributed by atoms with Crippen LogP contribution in [0.5, 0.6) is 5.75 Å². The summed E-state index contributed by atoms with van der Waals surface area (Å²) in [7, 11) is 3.61. The number of hydrogen-bond acceptors (Lipinski definition) is 3. The van der Waals surface area contributed by atoms with Gasteiger partial charge < -0.3 is 15.0 Å². The first-order chi connectivity index (χ1) is 9.15. The predicted octanol–water partition coefficient (Wildman–Crippen LogP) is 1.83. The normalized spacial score (nSPS) is 16.5. The van der Waals surface area contributed by atoms with E-state index in [2.05, 4.69) is 5.32 Å². The monoisotopic (exact) mass is 262 g/mol. The van der Waals surface area contributed by atoms with E-state index in [1.807, 2.05) is 37.1 Å². The summed E-state index contributed by atoms with van der Waals surface area (Å²) in [6, 6.07) is 6.19. The number of likely N-dealkylation sites (tertiary alicyclic amines) is 1. The van der Waals surface area contributed by atoms with Crippen LogP contribution >= 0.6 is 0 Å². The molecule has 0 aliphatic carbocycles. The van der Waals surface area contributed by atoms with Crippen molar-refractivity contribution in [3.63, 3.8) is 0 Å². The molecule has 1 aliphatic heterocycles. The van der Waals surface area contributed by atoms with Gasteiger partial charge in [0.05, 0.1) is 7.11 Å². The molecule has 0 saturated carbocycles. The molecule has 1 fully saturated rings. The van der Waals surface area contributed by atoms with Gasteiger partial charge in [0.25, 0.3) is 5.91 Å². The summed E-state index contributed by atoms with van der Waals surface area (Å²) in [5.74, 6) is 0.879. The summed E-state index contributed by atoms with van der Waals surface area (Å²) < 4.78 is 5.28. The second-order valence-electron chi connectivity index (χ2n) is 5.04. The maximum Gasteiger partial charge on any atom is 0.253 e. The summed E-state index contributed by atoms with van der Waals surface area (Å²) in [5, 5.41) is 3.27. The molecule has 19 heavy (non-hydrogen) atoms. The highest BCUT2D eigenvalue weighted by Gasteiger charge is 2.23. The van der Waals surface area contributed by atoms with Gasteiger partial charge >= 0.3 is 0 Å². The lowest BCUT2D eigenvalue weighted by atomic mass is 10.0. The highest BCUT2D eigenvalue weighted by atomic mass is 16.5. The first kappa shape index (κ1) is 13.9. The zero-order chi connectivity index (χ0) is 13.8. The number of hydrogen-bond donors (Lipinski definition) is 1.